The molecule has 0 aliphatic carbocycles. The van der Waals surface area contributed by atoms with Crippen LogP contribution in [0.25, 0.3) is 10.9 Å². The third kappa shape index (κ3) is 3.90. The third-order valence-electron chi connectivity index (χ3n) is 3.86. The number of aromatic nitrogens is 1. The average molecular weight is 328 g/mol. The van der Waals surface area contributed by atoms with Crippen molar-refractivity contribution >= 4 is 22.5 Å². The minimum absolute atomic E-state index is 0.0538. The van der Waals surface area contributed by atoms with Crippen molar-refractivity contribution in [2.45, 2.75) is 26.7 Å². The highest BCUT2D eigenvalue weighted by molar-refractivity contribution is 6.07. The molecule has 0 atom stereocenters. The number of nitrogens with zero attached hydrogens (tertiary/aromatic N) is 3. The number of carbonyl (C=O) groups is 1. The van der Waals surface area contributed by atoms with E-state index in [2.05, 4.69) is 24.9 Å². The van der Waals surface area contributed by atoms with Crippen LogP contribution >= 0.6 is 0 Å². The monoisotopic (exact) mass is 328 g/mol. The van der Waals surface area contributed by atoms with Gasteiger partial charge in [0.05, 0.1) is 23.0 Å². The number of H-pyrrole nitrogens is 1. The van der Waals surface area contributed by atoms with E-state index in [1.54, 1.807) is 17.2 Å². The fraction of sp³-hybridized carbons (Fsp3) is 0.412. The molecular formula is C17H20N4O3. The quantitative estimate of drug-likeness (QED) is 0.620. The van der Waals surface area contributed by atoms with Crippen LogP contribution in [-0.4, -0.2) is 33.8 Å². The molecule has 1 aromatic carbocycles. The second-order valence-corrected chi connectivity index (χ2v) is 6.07. The first-order valence-electron chi connectivity index (χ1n) is 7.85. The van der Waals surface area contributed by atoms with E-state index in [1.165, 1.54) is 12.1 Å². The first kappa shape index (κ1) is 17.5. The van der Waals surface area contributed by atoms with Crippen LogP contribution in [0.3, 0.4) is 0 Å². The summed E-state index contributed by atoms with van der Waals surface area (Å²) >= 11 is 0. The van der Waals surface area contributed by atoms with Crippen LogP contribution in [-0.2, 0) is 0 Å². The Labute approximate surface area is 140 Å². The predicted molar refractivity (Wildman–Crippen MR) is 90.5 cm³/mol. The minimum Gasteiger partial charge on any atom is -0.360 e. The summed E-state index contributed by atoms with van der Waals surface area (Å²) in [6.45, 7) is 5.05. The van der Waals surface area contributed by atoms with Crippen LogP contribution < -0.4 is 0 Å². The van der Waals surface area contributed by atoms with Crippen LogP contribution in [0.15, 0.2) is 24.4 Å². The molecular weight excluding hydrogens is 308 g/mol. The van der Waals surface area contributed by atoms with Gasteiger partial charge in [0, 0.05) is 42.3 Å². The van der Waals surface area contributed by atoms with E-state index >= 15 is 0 Å². The van der Waals surface area contributed by atoms with E-state index in [1.807, 2.05) is 0 Å². The van der Waals surface area contributed by atoms with Crippen molar-refractivity contribution in [2.24, 2.45) is 5.92 Å². The number of benzene rings is 1. The highest BCUT2D eigenvalue weighted by atomic mass is 16.6. The zero-order valence-electron chi connectivity index (χ0n) is 13.8. The molecule has 0 aliphatic rings. The Kier molecular flexibility index (Phi) is 5.53. The Balaban J connectivity index is 2.34. The van der Waals surface area contributed by atoms with Crippen molar-refractivity contribution in [3.05, 3.63) is 40.1 Å². The van der Waals surface area contributed by atoms with E-state index in [0.29, 0.717) is 35.5 Å². The molecule has 1 amide bonds. The number of nitro groups is 1. The Morgan fingerprint density at radius 2 is 2.17 bits per heavy atom. The largest absolute Gasteiger partial charge is 0.360 e. The van der Waals surface area contributed by atoms with Gasteiger partial charge in [0.2, 0.25) is 0 Å². The first-order valence-corrected chi connectivity index (χ1v) is 7.85. The van der Waals surface area contributed by atoms with Crippen LogP contribution in [0.4, 0.5) is 5.69 Å². The number of rotatable bonds is 7. The molecule has 7 nitrogen and oxygen atoms in total. The number of nitrogens with one attached hydrogen (secondary N) is 1. The molecule has 0 aliphatic heterocycles. The van der Waals surface area contributed by atoms with Gasteiger partial charge < -0.3 is 9.88 Å². The Bertz CT molecular complexity index is 789. The SMILES string of the molecule is CC(C)CCN(CCC#N)C(=O)c1c[nH]c2ccc([N+](=O)[O-])cc12. The number of nitro benzene ring substituents is 1. The van der Waals surface area contributed by atoms with Gasteiger partial charge in [-0.3, -0.25) is 14.9 Å². The summed E-state index contributed by atoms with van der Waals surface area (Å²) in [6, 6.07) is 6.46. The van der Waals surface area contributed by atoms with Gasteiger partial charge in [-0.25, -0.2) is 0 Å². The Morgan fingerprint density at radius 1 is 1.42 bits per heavy atom. The standard InChI is InChI=1S/C17H20N4O3/c1-12(2)6-9-20(8-3-7-18)17(22)15-11-19-16-5-4-13(21(23)24)10-14(15)16/h4-5,10-12,19H,3,6,8-9H2,1-2H3. The van der Waals surface area contributed by atoms with E-state index in [4.69, 9.17) is 5.26 Å². The lowest BCUT2D eigenvalue weighted by atomic mass is 10.1. The van der Waals surface area contributed by atoms with Crippen molar-refractivity contribution < 1.29 is 9.72 Å². The molecule has 0 saturated heterocycles. The topological polar surface area (TPSA) is 103 Å². The van der Waals surface area contributed by atoms with Gasteiger partial charge in [-0.05, 0) is 18.4 Å². The van der Waals surface area contributed by atoms with Crippen LogP contribution in [0.2, 0.25) is 0 Å². The van der Waals surface area contributed by atoms with Gasteiger partial charge in [-0.1, -0.05) is 13.8 Å². The molecule has 0 unspecified atom stereocenters. The molecule has 0 fully saturated rings. The van der Waals surface area contributed by atoms with E-state index in [9.17, 15) is 14.9 Å². The average Bonchev–Trinajstić information content (AvgIpc) is 2.97. The van der Waals surface area contributed by atoms with Gasteiger partial charge in [-0.2, -0.15) is 5.26 Å². The normalized spacial score (nSPS) is 10.8. The summed E-state index contributed by atoms with van der Waals surface area (Å²) in [5, 5.41) is 20.3. The smallest absolute Gasteiger partial charge is 0.270 e. The fourth-order valence-corrected chi connectivity index (χ4v) is 2.48. The zero-order valence-corrected chi connectivity index (χ0v) is 13.8. The lowest BCUT2D eigenvalue weighted by Gasteiger charge is -2.22. The number of fused-ring (bicyclic) bond motifs is 1. The number of hydrogen-bond donors (Lipinski definition) is 1. The maximum Gasteiger partial charge on any atom is 0.270 e. The van der Waals surface area contributed by atoms with Crippen molar-refractivity contribution in [1.29, 1.82) is 5.26 Å². The third-order valence-corrected chi connectivity index (χ3v) is 3.86. The van der Waals surface area contributed by atoms with Gasteiger partial charge in [0.25, 0.3) is 11.6 Å². The summed E-state index contributed by atoms with van der Waals surface area (Å²) in [5.74, 6) is 0.226. The van der Waals surface area contributed by atoms with Crippen molar-refractivity contribution in [1.82, 2.24) is 9.88 Å². The molecule has 0 spiro atoms. The van der Waals surface area contributed by atoms with Gasteiger partial charge in [0.1, 0.15) is 0 Å². The minimum atomic E-state index is -0.479. The number of amides is 1. The molecule has 1 N–H and O–H groups in total. The van der Waals surface area contributed by atoms with Crippen LogP contribution in [0.1, 0.15) is 37.0 Å². The lowest BCUT2D eigenvalue weighted by molar-refractivity contribution is -0.384. The van der Waals surface area contributed by atoms with Crippen molar-refractivity contribution in [3.8, 4) is 6.07 Å². The fourth-order valence-electron chi connectivity index (χ4n) is 2.48. The molecule has 2 rings (SSSR count). The molecule has 24 heavy (non-hydrogen) atoms. The molecule has 0 saturated carbocycles. The second-order valence-electron chi connectivity index (χ2n) is 6.07. The molecule has 1 aromatic heterocycles. The summed E-state index contributed by atoms with van der Waals surface area (Å²) in [7, 11) is 0. The van der Waals surface area contributed by atoms with Gasteiger partial charge in [-0.15, -0.1) is 0 Å². The molecule has 2 aromatic rings. The van der Waals surface area contributed by atoms with Gasteiger partial charge in [0.15, 0.2) is 0 Å². The summed E-state index contributed by atoms with van der Waals surface area (Å²) in [4.78, 5) is 28.0. The molecule has 0 radical (unpaired) electrons. The number of nitriles is 1. The number of aromatic amines is 1. The second kappa shape index (κ2) is 7.59. The Morgan fingerprint density at radius 3 is 2.79 bits per heavy atom. The number of carbonyl (C=O) groups excluding carboxylic acids is 1. The summed E-state index contributed by atoms with van der Waals surface area (Å²) in [6.07, 6.45) is 2.66. The summed E-state index contributed by atoms with van der Waals surface area (Å²) < 4.78 is 0. The molecule has 0 bridgehead atoms. The van der Waals surface area contributed by atoms with Crippen molar-refractivity contribution in [2.75, 3.05) is 13.1 Å². The maximum absolute atomic E-state index is 12.8. The van der Waals surface area contributed by atoms with Crippen LogP contribution in [0, 0.1) is 27.4 Å². The number of non-ortho nitro benzene ring substituents is 1. The van der Waals surface area contributed by atoms with Crippen molar-refractivity contribution in [3.63, 3.8) is 0 Å². The molecule has 126 valence electrons. The molecule has 1 heterocycles. The van der Waals surface area contributed by atoms with Crippen LogP contribution in [0.5, 0.6) is 0 Å². The predicted octanol–water partition coefficient (Wildman–Crippen LogP) is 3.48. The number of hydrogen-bond acceptors (Lipinski definition) is 4. The molecule has 7 heteroatoms. The highest BCUT2D eigenvalue weighted by Gasteiger charge is 2.20. The van der Waals surface area contributed by atoms with E-state index in [0.717, 1.165) is 6.42 Å². The van der Waals surface area contributed by atoms with Gasteiger partial charge >= 0.3 is 0 Å². The Hall–Kier alpha value is -2.88. The zero-order chi connectivity index (χ0) is 17.7. The van der Waals surface area contributed by atoms with E-state index in [-0.39, 0.29) is 18.0 Å². The highest BCUT2D eigenvalue weighted by Crippen LogP contribution is 2.25. The first-order chi connectivity index (χ1) is 11.4. The van der Waals surface area contributed by atoms with E-state index < -0.39 is 4.92 Å². The lowest BCUT2D eigenvalue weighted by Crippen LogP contribution is -2.33. The summed E-state index contributed by atoms with van der Waals surface area (Å²) in [5.41, 5.74) is 1.02. The maximum atomic E-state index is 12.8.